The fraction of sp³-hybridized carbons (Fsp3) is 0.381. The molecule has 4 aromatic rings. The smallest absolute Gasteiger partial charge is 0.423 e. The van der Waals surface area contributed by atoms with Crippen molar-refractivity contribution < 1.29 is 49.8 Å². The second-order valence-electron chi connectivity index (χ2n) is 14.9. The lowest BCUT2D eigenvalue weighted by Crippen LogP contribution is -2.54. The molecule has 0 saturated carbocycles. The maximum Gasteiger partial charge on any atom is 0.423 e. The van der Waals surface area contributed by atoms with Crippen LogP contribution in [0.3, 0.4) is 0 Å². The zero-order valence-electron chi connectivity index (χ0n) is 33.0. The molecule has 0 aliphatic carbocycles. The van der Waals surface area contributed by atoms with E-state index in [0.717, 1.165) is 16.7 Å². The van der Waals surface area contributed by atoms with Crippen LogP contribution in [0.4, 0.5) is 18.9 Å². The fourth-order valence-electron chi connectivity index (χ4n) is 5.67. The number of nitrogens with one attached hydrogen (secondary N) is 1. The van der Waals surface area contributed by atoms with Crippen molar-refractivity contribution in [2.45, 2.75) is 102 Å². The Hall–Kier alpha value is -5.12. The Labute approximate surface area is 331 Å². The minimum absolute atomic E-state index is 0.0721. The van der Waals surface area contributed by atoms with Gasteiger partial charge in [0, 0.05) is 12.5 Å². The highest BCUT2D eigenvalue weighted by atomic mass is 32.2. The van der Waals surface area contributed by atoms with E-state index in [-0.39, 0.29) is 31.5 Å². The lowest BCUT2D eigenvalue weighted by Gasteiger charge is -2.40. The number of nitro groups is 1. The molecule has 1 N–H and O–H groups in total. The van der Waals surface area contributed by atoms with Gasteiger partial charge in [-0.25, -0.2) is 0 Å². The minimum atomic E-state index is -5.04. The summed E-state index contributed by atoms with van der Waals surface area (Å²) in [6.45, 7) is 12.4. The van der Waals surface area contributed by atoms with Gasteiger partial charge in [-0.3, -0.25) is 29.2 Å². The molecule has 1 unspecified atom stereocenters. The standard InChI is InChI=1S/C32H39NO4.C10H10F3NO5S/c1-30(2,3)36-28(34)23-22-27(29(35)37-31(4,5)6)33-32(24-16-10-7-11-17-24,25-18-12-8-13-19-25)26-20-14-9-15-21-26;1-2-5-19-20(17,18)7-3-4-9(14(15)16)8(6-7)10(11,12)13/h7-21,27,33H,22-23H2,1-6H3;3-4,6H,2,5H2,1H3. The predicted octanol–water partition coefficient (Wildman–Crippen LogP) is 9.13. The number of nitrogens with zero attached hydrogens (tertiary/aromatic N) is 1. The highest BCUT2D eigenvalue weighted by Crippen LogP contribution is 2.39. The lowest BCUT2D eigenvalue weighted by atomic mass is 9.76. The number of carbonyl (C=O) groups excluding carboxylic acids is 2. The average Bonchev–Trinajstić information content (AvgIpc) is 3.13. The number of hydrogen-bond donors (Lipinski definition) is 1. The number of benzene rings is 4. The van der Waals surface area contributed by atoms with Crippen molar-refractivity contribution in [3.8, 4) is 0 Å². The van der Waals surface area contributed by atoms with E-state index in [9.17, 15) is 41.3 Å². The Balaban J connectivity index is 0.000000367. The number of ether oxygens (including phenoxy) is 2. The third kappa shape index (κ3) is 13.5. The third-order valence-electron chi connectivity index (χ3n) is 7.96. The number of rotatable bonds is 14. The van der Waals surface area contributed by atoms with Crippen LogP contribution >= 0.6 is 0 Å². The largest absolute Gasteiger partial charge is 0.460 e. The molecule has 57 heavy (non-hydrogen) atoms. The van der Waals surface area contributed by atoms with Crippen molar-refractivity contribution in [2.24, 2.45) is 0 Å². The van der Waals surface area contributed by atoms with Crippen LogP contribution in [0.1, 0.15) is 90.0 Å². The molecule has 0 radical (unpaired) electrons. The SMILES string of the molecule is CC(C)(C)OC(=O)CCC(NC(c1ccccc1)(c1ccccc1)c1ccccc1)C(=O)OC(C)(C)C.CCCOS(=O)(=O)c1ccc([N+](=O)[O-])c(C(F)(F)F)c1. The first-order chi connectivity index (χ1) is 26.5. The van der Waals surface area contributed by atoms with Crippen molar-refractivity contribution in [3.05, 3.63) is 142 Å². The first kappa shape index (κ1) is 46.3. The van der Waals surface area contributed by atoms with Crippen molar-refractivity contribution in [3.63, 3.8) is 0 Å². The molecule has 0 saturated heterocycles. The molecule has 0 heterocycles. The molecule has 0 aliphatic heterocycles. The molecular weight excluding hydrogens is 766 g/mol. The van der Waals surface area contributed by atoms with Gasteiger partial charge < -0.3 is 9.47 Å². The number of alkyl halides is 3. The average molecular weight is 815 g/mol. The van der Waals surface area contributed by atoms with Crippen LogP contribution in [0.2, 0.25) is 0 Å². The van der Waals surface area contributed by atoms with Crippen LogP contribution < -0.4 is 5.32 Å². The Morgan fingerprint density at radius 3 is 1.60 bits per heavy atom. The molecule has 4 rings (SSSR count). The number of hydrogen-bond acceptors (Lipinski definition) is 10. The highest BCUT2D eigenvalue weighted by molar-refractivity contribution is 7.86. The molecule has 0 spiro atoms. The first-order valence-electron chi connectivity index (χ1n) is 18.1. The van der Waals surface area contributed by atoms with Crippen LogP contribution in [0.5, 0.6) is 0 Å². The van der Waals surface area contributed by atoms with Crippen molar-refractivity contribution in [1.82, 2.24) is 5.32 Å². The molecule has 308 valence electrons. The molecule has 4 aromatic carbocycles. The van der Waals surface area contributed by atoms with Gasteiger partial charge in [-0.1, -0.05) is 97.9 Å². The van der Waals surface area contributed by atoms with E-state index in [1.807, 2.05) is 133 Å². The van der Waals surface area contributed by atoms with E-state index in [1.165, 1.54) is 0 Å². The Bertz CT molecular complexity index is 1950. The van der Waals surface area contributed by atoms with E-state index in [0.29, 0.717) is 18.6 Å². The molecule has 0 aromatic heterocycles. The summed E-state index contributed by atoms with van der Waals surface area (Å²) in [5.74, 6) is -0.768. The van der Waals surface area contributed by atoms with Gasteiger partial charge in [0.1, 0.15) is 22.8 Å². The van der Waals surface area contributed by atoms with Crippen molar-refractivity contribution in [1.29, 1.82) is 0 Å². The maximum absolute atomic E-state index is 13.6. The molecule has 15 heteroatoms. The van der Waals surface area contributed by atoms with Gasteiger partial charge in [0.15, 0.2) is 0 Å². The molecular formula is C42H49F3N2O9S. The second kappa shape index (κ2) is 19.4. The first-order valence-corrected chi connectivity index (χ1v) is 19.5. The van der Waals surface area contributed by atoms with E-state index in [4.69, 9.17) is 9.47 Å². The maximum atomic E-state index is 13.6. The van der Waals surface area contributed by atoms with Gasteiger partial charge in [0.2, 0.25) is 0 Å². The van der Waals surface area contributed by atoms with Crippen LogP contribution in [0.25, 0.3) is 0 Å². The van der Waals surface area contributed by atoms with E-state index in [2.05, 4.69) is 9.50 Å². The number of carbonyl (C=O) groups is 2. The van der Waals surface area contributed by atoms with Crippen LogP contribution in [0, 0.1) is 10.1 Å². The summed E-state index contributed by atoms with van der Waals surface area (Å²) in [5.41, 5.74) is -2.10. The van der Waals surface area contributed by atoms with Crippen LogP contribution in [0.15, 0.2) is 114 Å². The normalized spacial score (nSPS) is 12.8. The summed E-state index contributed by atoms with van der Waals surface area (Å²) in [5, 5.41) is 14.2. The van der Waals surface area contributed by atoms with Crippen molar-refractivity contribution >= 4 is 27.7 Å². The topological polar surface area (TPSA) is 151 Å². The van der Waals surface area contributed by atoms with Gasteiger partial charge in [-0.2, -0.15) is 21.6 Å². The highest BCUT2D eigenvalue weighted by Gasteiger charge is 2.42. The zero-order chi connectivity index (χ0) is 42.7. The summed E-state index contributed by atoms with van der Waals surface area (Å²) >= 11 is 0. The van der Waals surface area contributed by atoms with Gasteiger partial charge in [-0.15, -0.1) is 0 Å². The van der Waals surface area contributed by atoms with Crippen molar-refractivity contribution in [2.75, 3.05) is 6.61 Å². The molecule has 0 aliphatic rings. The van der Waals surface area contributed by atoms with E-state index < -0.39 is 66.1 Å². The molecule has 0 bridgehead atoms. The summed E-state index contributed by atoms with van der Waals surface area (Å²) in [7, 11) is -4.37. The summed E-state index contributed by atoms with van der Waals surface area (Å²) in [6, 6.07) is 30.7. The Kier molecular flexibility index (Phi) is 15.7. The monoisotopic (exact) mass is 814 g/mol. The van der Waals surface area contributed by atoms with Gasteiger partial charge in [0.05, 0.1) is 22.0 Å². The molecule has 11 nitrogen and oxygen atoms in total. The quantitative estimate of drug-likeness (QED) is 0.0429. The minimum Gasteiger partial charge on any atom is -0.460 e. The Morgan fingerprint density at radius 2 is 1.21 bits per heavy atom. The Morgan fingerprint density at radius 1 is 0.754 bits per heavy atom. The lowest BCUT2D eigenvalue weighted by molar-refractivity contribution is -0.388. The predicted molar refractivity (Wildman–Crippen MR) is 209 cm³/mol. The number of nitro benzene ring substituents is 1. The molecule has 0 fully saturated rings. The second-order valence-corrected chi connectivity index (χ2v) is 16.5. The van der Waals surface area contributed by atoms with E-state index in [1.54, 1.807) is 6.92 Å². The zero-order valence-corrected chi connectivity index (χ0v) is 33.8. The van der Waals surface area contributed by atoms with Crippen LogP contribution in [-0.4, -0.2) is 49.1 Å². The summed E-state index contributed by atoms with van der Waals surface area (Å²) in [4.78, 5) is 34.8. The molecule has 0 amide bonds. The van der Waals surface area contributed by atoms with Crippen LogP contribution in [-0.2, 0) is 45.1 Å². The molecule has 1 atom stereocenters. The number of esters is 2. The fourth-order valence-corrected chi connectivity index (χ4v) is 6.69. The summed E-state index contributed by atoms with van der Waals surface area (Å²) < 4.78 is 77.1. The van der Waals surface area contributed by atoms with Gasteiger partial charge in [-0.05, 0) is 83.2 Å². The van der Waals surface area contributed by atoms with Gasteiger partial charge in [0.25, 0.3) is 15.8 Å². The summed E-state index contributed by atoms with van der Waals surface area (Å²) in [6.07, 6.45) is -4.41. The van der Waals surface area contributed by atoms with E-state index >= 15 is 0 Å². The van der Waals surface area contributed by atoms with Gasteiger partial charge >= 0.3 is 18.1 Å². The third-order valence-corrected chi connectivity index (χ3v) is 9.27. The number of halogens is 3.